The number of anilines is 2. The second-order valence-electron chi connectivity index (χ2n) is 5.85. The quantitative estimate of drug-likeness (QED) is 0.327. The number of aliphatic hydroxyl groups is 1. The van der Waals surface area contributed by atoms with Crippen molar-refractivity contribution in [1.82, 2.24) is 9.97 Å². The number of unbranched alkanes of at least 4 members (excludes halogenated alkanes) is 1. The van der Waals surface area contributed by atoms with Gasteiger partial charge in [-0.1, -0.05) is 11.6 Å². The van der Waals surface area contributed by atoms with Crippen LogP contribution in [0.25, 0.3) is 10.9 Å². The first-order valence-corrected chi connectivity index (χ1v) is 8.76. The van der Waals surface area contributed by atoms with Gasteiger partial charge in [0.2, 0.25) is 0 Å². The zero-order valence-corrected chi connectivity index (χ0v) is 15.3. The number of aromatic nitrogens is 2. The molecule has 0 fully saturated rings. The number of aliphatic hydroxyl groups excluding tert-OH is 1. The van der Waals surface area contributed by atoms with Crippen LogP contribution in [0.1, 0.15) is 12.8 Å². The third-order valence-corrected chi connectivity index (χ3v) is 4.19. The summed E-state index contributed by atoms with van der Waals surface area (Å²) in [5.41, 5.74) is 0.679. The highest BCUT2D eigenvalue weighted by molar-refractivity contribution is 6.31. The maximum Gasteiger partial charge on any atom is 0.311 e. The molecule has 0 spiro atoms. The number of hydrogen-bond acceptors (Lipinski definition) is 7. The lowest BCUT2D eigenvalue weighted by Crippen LogP contribution is -2.03. The molecule has 146 valence electrons. The van der Waals surface area contributed by atoms with E-state index >= 15 is 0 Å². The molecule has 1 aromatic heterocycles. The Morgan fingerprint density at radius 3 is 2.79 bits per heavy atom. The Morgan fingerprint density at radius 2 is 2.07 bits per heavy atom. The Bertz CT molecular complexity index is 1020. The molecule has 3 aromatic rings. The molecule has 2 aromatic carbocycles. The van der Waals surface area contributed by atoms with Crippen molar-refractivity contribution in [2.75, 3.05) is 18.5 Å². The SMILES string of the molecule is O=[N+]([O-])c1cc2c(Nc3ccc(F)c(Cl)c3)ncnc2cc1OCCCCO. The van der Waals surface area contributed by atoms with Gasteiger partial charge in [0.1, 0.15) is 18.0 Å². The van der Waals surface area contributed by atoms with Crippen LogP contribution in [0.4, 0.5) is 21.6 Å². The van der Waals surface area contributed by atoms with Crippen molar-refractivity contribution in [3.05, 3.63) is 57.6 Å². The number of nitro benzene ring substituents is 1. The van der Waals surface area contributed by atoms with Crippen molar-refractivity contribution in [3.8, 4) is 5.75 Å². The summed E-state index contributed by atoms with van der Waals surface area (Å²) in [5.74, 6) is -0.161. The third-order valence-electron chi connectivity index (χ3n) is 3.91. The van der Waals surface area contributed by atoms with Crippen LogP contribution in [0.2, 0.25) is 5.02 Å². The van der Waals surface area contributed by atoms with Crippen LogP contribution in [0.3, 0.4) is 0 Å². The van der Waals surface area contributed by atoms with Gasteiger partial charge in [-0.2, -0.15) is 0 Å². The molecular formula is C18H16ClFN4O4. The molecule has 28 heavy (non-hydrogen) atoms. The number of nitro groups is 1. The first-order valence-electron chi connectivity index (χ1n) is 8.38. The van der Waals surface area contributed by atoms with Crippen LogP contribution in [0, 0.1) is 15.9 Å². The highest BCUT2D eigenvalue weighted by Crippen LogP contribution is 2.35. The van der Waals surface area contributed by atoms with Gasteiger partial charge in [-0.05, 0) is 31.0 Å². The minimum atomic E-state index is -0.557. The lowest BCUT2D eigenvalue weighted by atomic mass is 10.2. The number of nitrogens with zero attached hydrogens (tertiary/aromatic N) is 3. The van der Waals surface area contributed by atoms with E-state index in [9.17, 15) is 14.5 Å². The smallest absolute Gasteiger partial charge is 0.311 e. The molecule has 3 rings (SSSR count). The number of fused-ring (bicyclic) bond motifs is 1. The Kier molecular flexibility index (Phi) is 6.17. The molecule has 0 aliphatic carbocycles. The molecule has 2 N–H and O–H groups in total. The van der Waals surface area contributed by atoms with Crippen molar-refractivity contribution in [3.63, 3.8) is 0 Å². The van der Waals surface area contributed by atoms with Crippen LogP contribution in [-0.2, 0) is 0 Å². The van der Waals surface area contributed by atoms with Gasteiger partial charge in [-0.3, -0.25) is 10.1 Å². The summed E-state index contributed by atoms with van der Waals surface area (Å²) >= 11 is 5.79. The molecule has 0 bridgehead atoms. The van der Waals surface area contributed by atoms with Gasteiger partial charge in [0.05, 0.1) is 27.5 Å². The lowest BCUT2D eigenvalue weighted by molar-refractivity contribution is -0.385. The summed E-state index contributed by atoms with van der Waals surface area (Å²) in [6.07, 6.45) is 2.41. The van der Waals surface area contributed by atoms with E-state index in [0.29, 0.717) is 35.2 Å². The largest absolute Gasteiger partial charge is 0.487 e. The van der Waals surface area contributed by atoms with Crippen molar-refractivity contribution < 1.29 is 19.2 Å². The van der Waals surface area contributed by atoms with E-state index < -0.39 is 10.7 Å². The van der Waals surface area contributed by atoms with Gasteiger partial charge in [0.15, 0.2) is 5.75 Å². The zero-order chi connectivity index (χ0) is 20.1. The van der Waals surface area contributed by atoms with Crippen molar-refractivity contribution in [1.29, 1.82) is 0 Å². The Morgan fingerprint density at radius 1 is 1.25 bits per heavy atom. The molecule has 0 saturated carbocycles. The minimum Gasteiger partial charge on any atom is -0.487 e. The number of hydrogen-bond donors (Lipinski definition) is 2. The summed E-state index contributed by atoms with van der Waals surface area (Å²) < 4.78 is 18.8. The van der Waals surface area contributed by atoms with Gasteiger partial charge in [-0.25, -0.2) is 14.4 Å². The third kappa shape index (κ3) is 4.44. The first kappa shape index (κ1) is 19.7. The number of rotatable bonds is 8. The molecule has 8 nitrogen and oxygen atoms in total. The van der Waals surface area contributed by atoms with Gasteiger partial charge in [0.25, 0.3) is 0 Å². The Balaban J connectivity index is 1.97. The zero-order valence-electron chi connectivity index (χ0n) is 14.6. The summed E-state index contributed by atoms with van der Waals surface area (Å²) in [6, 6.07) is 6.86. The summed E-state index contributed by atoms with van der Waals surface area (Å²) in [5, 5.41) is 23.6. The van der Waals surface area contributed by atoms with Crippen LogP contribution in [-0.4, -0.2) is 33.2 Å². The second kappa shape index (κ2) is 8.77. The Hall–Kier alpha value is -3.04. The number of ether oxygens (including phenoxy) is 1. The Labute approximate surface area is 164 Å². The summed E-state index contributed by atoms with van der Waals surface area (Å²) in [4.78, 5) is 19.2. The van der Waals surface area contributed by atoms with Crippen LogP contribution >= 0.6 is 11.6 Å². The van der Waals surface area contributed by atoms with Gasteiger partial charge in [0, 0.05) is 24.4 Å². The average molecular weight is 407 g/mol. The van der Waals surface area contributed by atoms with E-state index in [4.69, 9.17) is 21.4 Å². The lowest BCUT2D eigenvalue weighted by Gasteiger charge is -2.11. The molecule has 0 amide bonds. The van der Waals surface area contributed by atoms with Crippen LogP contribution < -0.4 is 10.1 Å². The fraction of sp³-hybridized carbons (Fsp3) is 0.222. The van der Waals surface area contributed by atoms with E-state index in [-0.39, 0.29) is 29.7 Å². The maximum absolute atomic E-state index is 13.3. The number of benzene rings is 2. The van der Waals surface area contributed by atoms with Crippen LogP contribution in [0.5, 0.6) is 5.75 Å². The predicted molar refractivity (Wildman–Crippen MR) is 103 cm³/mol. The number of halogens is 2. The highest BCUT2D eigenvalue weighted by atomic mass is 35.5. The van der Waals surface area contributed by atoms with Gasteiger partial charge >= 0.3 is 5.69 Å². The predicted octanol–water partition coefficient (Wildman–Crippen LogP) is 4.23. The van der Waals surface area contributed by atoms with E-state index in [2.05, 4.69) is 15.3 Å². The molecule has 0 aliphatic rings. The monoisotopic (exact) mass is 406 g/mol. The fourth-order valence-electron chi connectivity index (χ4n) is 2.54. The molecular weight excluding hydrogens is 391 g/mol. The molecule has 0 atom stereocenters. The summed E-state index contributed by atoms with van der Waals surface area (Å²) in [7, 11) is 0. The highest BCUT2D eigenvalue weighted by Gasteiger charge is 2.19. The summed E-state index contributed by atoms with van der Waals surface area (Å²) in [6.45, 7) is 0.260. The normalized spacial score (nSPS) is 10.8. The standard InChI is InChI=1S/C18H16ClFN4O4/c19-13-7-11(3-4-14(13)20)23-18-12-8-16(24(26)27)17(28-6-2-1-5-25)9-15(12)21-10-22-18/h3-4,7-10,25H,1-2,5-6H2,(H,21,22,23). The fourth-order valence-corrected chi connectivity index (χ4v) is 2.72. The second-order valence-corrected chi connectivity index (χ2v) is 6.26. The topological polar surface area (TPSA) is 110 Å². The van der Waals surface area contributed by atoms with Crippen molar-refractivity contribution in [2.45, 2.75) is 12.8 Å². The van der Waals surface area contributed by atoms with Gasteiger partial charge in [-0.15, -0.1) is 0 Å². The molecule has 0 unspecified atom stereocenters. The van der Waals surface area contributed by atoms with E-state index in [0.717, 1.165) is 0 Å². The average Bonchev–Trinajstić information content (AvgIpc) is 2.67. The van der Waals surface area contributed by atoms with E-state index in [1.54, 1.807) is 0 Å². The van der Waals surface area contributed by atoms with Crippen molar-refractivity contribution >= 4 is 39.7 Å². The minimum absolute atomic E-state index is 0.0266. The molecule has 1 heterocycles. The molecule has 10 heteroatoms. The number of nitrogens with one attached hydrogen (secondary N) is 1. The van der Waals surface area contributed by atoms with E-state index in [1.165, 1.54) is 36.7 Å². The molecule has 0 radical (unpaired) electrons. The molecule has 0 aliphatic heterocycles. The van der Waals surface area contributed by atoms with Crippen LogP contribution in [0.15, 0.2) is 36.7 Å². The van der Waals surface area contributed by atoms with Gasteiger partial charge < -0.3 is 15.2 Å². The van der Waals surface area contributed by atoms with E-state index in [1.807, 2.05) is 0 Å². The maximum atomic E-state index is 13.3. The molecule has 0 saturated heterocycles. The first-order chi connectivity index (χ1) is 13.5. The van der Waals surface area contributed by atoms with Crippen molar-refractivity contribution in [2.24, 2.45) is 0 Å².